The number of piperidine rings is 1. The van der Waals surface area contributed by atoms with Gasteiger partial charge in [-0.15, -0.1) is 0 Å². The number of carbonyl (C=O) groups excluding carboxylic acids is 2. The number of aromatic nitrogens is 1. The van der Waals surface area contributed by atoms with E-state index in [4.69, 9.17) is 4.74 Å². The molecule has 1 aromatic rings. The van der Waals surface area contributed by atoms with Crippen LogP contribution in [0.3, 0.4) is 0 Å². The third kappa shape index (κ3) is 4.68. The number of pyridine rings is 1. The molecule has 29 heavy (non-hydrogen) atoms. The molecule has 2 aliphatic heterocycles. The average molecular weight is 412 g/mol. The first-order valence-corrected chi connectivity index (χ1v) is 9.23. The molecule has 10 heteroatoms. The molecule has 2 aliphatic rings. The van der Waals surface area contributed by atoms with Gasteiger partial charge in [-0.3, -0.25) is 9.78 Å². The largest absolute Gasteiger partial charge is 0.444 e. The first kappa shape index (κ1) is 21.1. The highest BCUT2D eigenvalue weighted by Gasteiger charge is 2.56. The molecule has 0 N–H and O–H groups in total. The lowest BCUT2D eigenvalue weighted by molar-refractivity contribution is -0.163. The molecule has 2 amide bonds. The van der Waals surface area contributed by atoms with Gasteiger partial charge in [-0.2, -0.15) is 18.3 Å². The maximum absolute atomic E-state index is 13.1. The summed E-state index contributed by atoms with van der Waals surface area (Å²) in [5, 5.41) is 4.48. The van der Waals surface area contributed by atoms with Crippen molar-refractivity contribution in [3.8, 4) is 0 Å². The lowest BCUT2D eigenvalue weighted by atomic mass is 9.73. The number of likely N-dealkylation sites (tertiary alicyclic amines) is 1. The first-order valence-electron chi connectivity index (χ1n) is 9.23. The van der Waals surface area contributed by atoms with E-state index in [1.54, 1.807) is 45.3 Å². The SMILES string of the molecule is CC(C)(C)OC(=O)N1CCC2=NN(CC(F)(F)F)C(=O)[C@@]2(Cc2ccncc2)C1. The first-order chi connectivity index (χ1) is 13.4. The lowest BCUT2D eigenvalue weighted by Gasteiger charge is -2.39. The second kappa shape index (κ2) is 7.31. The average Bonchev–Trinajstić information content (AvgIpc) is 2.84. The molecule has 0 aliphatic carbocycles. The van der Waals surface area contributed by atoms with Crippen molar-refractivity contribution in [3.63, 3.8) is 0 Å². The number of nitrogens with zero attached hydrogens (tertiary/aromatic N) is 4. The van der Waals surface area contributed by atoms with E-state index in [-0.39, 0.29) is 25.9 Å². The van der Waals surface area contributed by atoms with Crippen molar-refractivity contribution in [1.82, 2.24) is 14.9 Å². The van der Waals surface area contributed by atoms with E-state index in [1.807, 2.05) is 0 Å². The summed E-state index contributed by atoms with van der Waals surface area (Å²) >= 11 is 0. The summed E-state index contributed by atoms with van der Waals surface area (Å²) in [5.74, 6) is -0.755. The van der Waals surface area contributed by atoms with Crippen LogP contribution in [0.25, 0.3) is 0 Å². The fourth-order valence-electron chi connectivity index (χ4n) is 3.59. The number of rotatable bonds is 3. The minimum absolute atomic E-state index is 0.0870. The molecule has 7 nitrogen and oxygen atoms in total. The van der Waals surface area contributed by atoms with Gasteiger partial charge in [-0.1, -0.05) is 0 Å². The summed E-state index contributed by atoms with van der Waals surface area (Å²) in [5.41, 5.74) is -0.989. The molecule has 1 saturated heterocycles. The van der Waals surface area contributed by atoms with E-state index in [1.165, 1.54) is 4.90 Å². The van der Waals surface area contributed by atoms with Gasteiger partial charge in [0.2, 0.25) is 0 Å². The monoisotopic (exact) mass is 412 g/mol. The molecule has 158 valence electrons. The highest BCUT2D eigenvalue weighted by molar-refractivity contribution is 6.13. The van der Waals surface area contributed by atoms with Crippen molar-refractivity contribution >= 4 is 17.7 Å². The molecule has 0 radical (unpaired) electrons. The van der Waals surface area contributed by atoms with Crippen molar-refractivity contribution in [3.05, 3.63) is 30.1 Å². The minimum Gasteiger partial charge on any atom is -0.444 e. The topological polar surface area (TPSA) is 75.1 Å². The van der Waals surface area contributed by atoms with Crippen LogP contribution in [-0.4, -0.2) is 64.0 Å². The molecule has 1 fully saturated rings. The number of ether oxygens (including phenoxy) is 1. The Hall–Kier alpha value is -2.65. The molecule has 0 spiro atoms. The number of hydrogen-bond donors (Lipinski definition) is 0. The Bertz CT molecular complexity index is 820. The Morgan fingerprint density at radius 3 is 2.48 bits per heavy atom. The van der Waals surface area contributed by atoms with Crippen LogP contribution >= 0.6 is 0 Å². The Morgan fingerprint density at radius 2 is 1.90 bits per heavy atom. The molecule has 1 aromatic heterocycles. The van der Waals surface area contributed by atoms with Crippen LogP contribution in [-0.2, 0) is 16.0 Å². The number of fused-ring (bicyclic) bond motifs is 1. The third-order valence-electron chi connectivity index (χ3n) is 4.75. The van der Waals surface area contributed by atoms with Crippen molar-refractivity contribution in [2.45, 2.75) is 45.4 Å². The van der Waals surface area contributed by atoms with Crippen LogP contribution in [0.2, 0.25) is 0 Å². The van der Waals surface area contributed by atoms with Gasteiger partial charge in [0.05, 0.1) is 5.71 Å². The normalized spacial score (nSPS) is 22.4. The number of alkyl halides is 3. The predicted molar refractivity (Wildman–Crippen MR) is 98.0 cm³/mol. The number of carbonyl (C=O) groups is 2. The standard InChI is InChI=1S/C19H23F3N4O3/c1-17(2,3)29-16(28)25-9-6-14-18(11-25,10-13-4-7-23-8-5-13)15(27)26(24-14)12-19(20,21)22/h4-5,7-8H,6,9-12H2,1-3H3/t18-/m0/s1. The van der Waals surface area contributed by atoms with Crippen molar-refractivity contribution in [1.29, 1.82) is 0 Å². The fraction of sp³-hybridized carbons (Fsp3) is 0.579. The molecule has 0 aromatic carbocycles. The van der Waals surface area contributed by atoms with Gasteiger partial charge in [-0.25, -0.2) is 9.80 Å². The van der Waals surface area contributed by atoms with E-state index in [0.717, 1.165) is 5.56 Å². The number of hydrogen-bond acceptors (Lipinski definition) is 5. The zero-order valence-electron chi connectivity index (χ0n) is 16.5. The summed E-state index contributed by atoms with van der Waals surface area (Å²) in [4.78, 5) is 31.0. The summed E-state index contributed by atoms with van der Waals surface area (Å²) in [7, 11) is 0. The molecule has 3 rings (SSSR count). The van der Waals surface area contributed by atoms with Crippen LogP contribution in [0.1, 0.15) is 32.8 Å². The van der Waals surface area contributed by atoms with E-state index >= 15 is 0 Å². The number of amides is 2. The third-order valence-corrected chi connectivity index (χ3v) is 4.75. The minimum atomic E-state index is -4.57. The van der Waals surface area contributed by atoms with Crippen LogP contribution in [0.5, 0.6) is 0 Å². The van der Waals surface area contributed by atoms with Crippen LogP contribution in [0.4, 0.5) is 18.0 Å². The zero-order valence-corrected chi connectivity index (χ0v) is 16.5. The van der Waals surface area contributed by atoms with Gasteiger partial charge in [0.1, 0.15) is 17.6 Å². The summed E-state index contributed by atoms with van der Waals surface area (Å²) in [6.45, 7) is 3.84. The fourth-order valence-corrected chi connectivity index (χ4v) is 3.59. The van der Waals surface area contributed by atoms with Crippen molar-refractivity contribution in [2.75, 3.05) is 19.6 Å². The maximum Gasteiger partial charge on any atom is 0.410 e. The van der Waals surface area contributed by atoms with Gasteiger partial charge in [-0.05, 0) is 44.9 Å². The Morgan fingerprint density at radius 1 is 1.24 bits per heavy atom. The molecule has 0 bridgehead atoms. The Labute approximate surface area is 166 Å². The second-order valence-electron chi connectivity index (χ2n) is 8.29. The lowest BCUT2D eigenvalue weighted by Crippen LogP contribution is -2.56. The molecular weight excluding hydrogens is 389 g/mol. The Kier molecular flexibility index (Phi) is 5.31. The number of hydrazone groups is 1. The number of halogens is 3. The van der Waals surface area contributed by atoms with E-state index in [2.05, 4.69) is 10.1 Å². The van der Waals surface area contributed by atoms with Crippen molar-refractivity contribution < 1.29 is 27.5 Å². The highest BCUT2D eigenvalue weighted by atomic mass is 19.4. The van der Waals surface area contributed by atoms with Crippen LogP contribution in [0.15, 0.2) is 29.6 Å². The second-order valence-corrected chi connectivity index (χ2v) is 8.29. The van der Waals surface area contributed by atoms with Gasteiger partial charge < -0.3 is 9.64 Å². The molecule has 1 atom stereocenters. The maximum atomic E-state index is 13.1. The summed E-state index contributed by atoms with van der Waals surface area (Å²) in [6, 6.07) is 3.39. The van der Waals surface area contributed by atoms with E-state index < -0.39 is 35.7 Å². The molecule has 0 unspecified atom stereocenters. The van der Waals surface area contributed by atoms with Gasteiger partial charge in [0.15, 0.2) is 0 Å². The van der Waals surface area contributed by atoms with E-state index in [9.17, 15) is 22.8 Å². The summed E-state index contributed by atoms with van der Waals surface area (Å²) in [6.07, 6.45) is -1.76. The van der Waals surface area contributed by atoms with Crippen LogP contribution in [0, 0.1) is 5.41 Å². The highest BCUT2D eigenvalue weighted by Crippen LogP contribution is 2.39. The van der Waals surface area contributed by atoms with Gasteiger partial charge >= 0.3 is 12.3 Å². The summed E-state index contributed by atoms with van der Waals surface area (Å²) < 4.78 is 44.2. The van der Waals surface area contributed by atoms with Gasteiger partial charge in [0, 0.05) is 31.9 Å². The van der Waals surface area contributed by atoms with Gasteiger partial charge in [0.25, 0.3) is 5.91 Å². The van der Waals surface area contributed by atoms with Crippen LogP contribution < -0.4 is 0 Å². The smallest absolute Gasteiger partial charge is 0.410 e. The van der Waals surface area contributed by atoms with E-state index in [0.29, 0.717) is 10.7 Å². The molecule has 3 heterocycles. The molecule has 0 saturated carbocycles. The molecular formula is C19H23F3N4O3. The quantitative estimate of drug-likeness (QED) is 0.765. The van der Waals surface area contributed by atoms with Crippen molar-refractivity contribution in [2.24, 2.45) is 10.5 Å². The zero-order chi connectivity index (χ0) is 21.4. The Balaban J connectivity index is 1.92. The predicted octanol–water partition coefficient (Wildman–Crippen LogP) is 3.01.